The van der Waals surface area contributed by atoms with E-state index < -0.39 is 0 Å². The molecular formula is C18H29N5O. The number of amides is 1. The summed E-state index contributed by atoms with van der Waals surface area (Å²) in [4.78, 5) is 26.1. The smallest absolute Gasteiger partial charge is 0.272 e. The van der Waals surface area contributed by atoms with Crippen molar-refractivity contribution in [3.63, 3.8) is 0 Å². The Bertz CT molecular complexity index is 563. The number of piperazine rings is 1. The summed E-state index contributed by atoms with van der Waals surface area (Å²) in [6, 6.07) is 2.25. The molecular weight excluding hydrogens is 302 g/mol. The van der Waals surface area contributed by atoms with Crippen LogP contribution in [0, 0.1) is 6.92 Å². The maximum absolute atomic E-state index is 12.8. The van der Waals surface area contributed by atoms with Crippen LogP contribution in [-0.2, 0) is 0 Å². The van der Waals surface area contributed by atoms with Gasteiger partial charge < -0.3 is 15.1 Å². The van der Waals surface area contributed by atoms with E-state index in [9.17, 15) is 4.79 Å². The number of aromatic nitrogens is 2. The Morgan fingerprint density at radius 3 is 2.54 bits per heavy atom. The Balaban J connectivity index is 1.67. The van der Waals surface area contributed by atoms with Crippen LogP contribution in [-0.4, -0.2) is 64.4 Å². The van der Waals surface area contributed by atoms with E-state index in [4.69, 9.17) is 0 Å². The van der Waals surface area contributed by atoms with Gasteiger partial charge in [0.05, 0.1) is 0 Å². The van der Waals surface area contributed by atoms with Crippen molar-refractivity contribution in [1.82, 2.24) is 19.8 Å². The minimum absolute atomic E-state index is 0.0305. The molecule has 1 aliphatic heterocycles. The summed E-state index contributed by atoms with van der Waals surface area (Å²) in [6.07, 6.45) is 6.17. The van der Waals surface area contributed by atoms with Crippen molar-refractivity contribution in [2.75, 3.05) is 38.0 Å². The Labute approximate surface area is 144 Å². The van der Waals surface area contributed by atoms with Gasteiger partial charge in [0.2, 0.25) is 5.95 Å². The number of carbonyl (C=O) groups excluding carboxylic acids is 1. The molecule has 1 aliphatic carbocycles. The zero-order valence-electron chi connectivity index (χ0n) is 14.9. The van der Waals surface area contributed by atoms with Gasteiger partial charge in [-0.1, -0.05) is 26.2 Å². The first-order chi connectivity index (χ1) is 11.7. The van der Waals surface area contributed by atoms with Gasteiger partial charge in [0.15, 0.2) is 0 Å². The van der Waals surface area contributed by atoms with E-state index in [0.717, 1.165) is 38.4 Å². The highest BCUT2D eigenvalue weighted by atomic mass is 16.2. The fourth-order valence-corrected chi connectivity index (χ4v) is 3.60. The van der Waals surface area contributed by atoms with E-state index in [1.807, 2.05) is 11.8 Å². The van der Waals surface area contributed by atoms with Gasteiger partial charge in [0, 0.05) is 37.9 Å². The molecule has 6 nitrogen and oxygen atoms in total. The van der Waals surface area contributed by atoms with Gasteiger partial charge in [-0.15, -0.1) is 0 Å². The highest BCUT2D eigenvalue weighted by Gasteiger charge is 2.23. The summed E-state index contributed by atoms with van der Waals surface area (Å²) in [5, 5.41) is 3.43. The summed E-state index contributed by atoms with van der Waals surface area (Å²) in [7, 11) is 0. The lowest BCUT2D eigenvalue weighted by Gasteiger charge is -2.33. The van der Waals surface area contributed by atoms with Gasteiger partial charge in [0.25, 0.3) is 5.91 Å². The first-order valence-electron chi connectivity index (χ1n) is 9.29. The quantitative estimate of drug-likeness (QED) is 0.917. The van der Waals surface area contributed by atoms with Crippen molar-refractivity contribution >= 4 is 11.9 Å². The highest BCUT2D eigenvalue weighted by molar-refractivity contribution is 5.92. The van der Waals surface area contributed by atoms with Gasteiger partial charge in [-0.2, -0.15) is 0 Å². The second kappa shape index (κ2) is 7.92. The predicted octanol–water partition coefficient (Wildman–Crippen LogP) is 2.31. The zero-order chi connectivity index (χ0) is 16.9. The molecule has 1 saturated carbocycles. The molecule has 1 aromatic heterocycles. The van der Waals surface area contributed by atoms with Crippen LogP contribution >= 0.6 is 0 Å². The SMILES string of the molecule is CCN1CCN(C(=O)c2cc(C)nc(NC3CCCCC3)n2)CC1. The summed E-state index contributed by atoms with van der Waals surface area (Å²) in [5.74, 6) is 0.639. The number of nitrogens with one attached hydrogen (secondary N) is 1. The second-order valence-electron chi connectivity index (χ2n) is 6.92. The third kappa shape index (κ3) is 4.23. The Hall–Kier alpha value is -1.69. The molecule has 0 bridgehead atoms. The van der Waals surface area contributed by atoms with Crippen LogP contribution in [0.15, 0.2) is 6.07 Å². The fourth-order valence-electron chi connectivity index (χ4n) is 3.60. The molecule has 1 saturated heterocycles. The minimum Gasteiger partial charge on any atom is -0.351 e. The van der Waals surface area contributed by atoms with Crippen molar-refractivity contribution in [1.29, 1.82) is 0 Å². The van der Waals surface area contributed by atoms with Crippen LogP contribution in [0.2, 0.25) is 0 Å². The molecule has 3 rings (SSSR count). The van der Waals surface area contributed by atoms with Crippen LogP contribution in [0.4, 0.5) is 5.95 Å². The molecule has 132 valence electrons. The van der Waals surface area contributed by atoms with Crippen LogP contribution in [0.5, 0.6) is 0 Å². The number of hydrogen-bond donors (Lipinski definition) is 1. The molecule has 1 amide bonds. The molecule has 0 atom stereocenters. The van der Waals surface area contributed by atoms with E-state index >= 15 is 0 Å². The van der Waals surface area contributed by atoms with E-state index in [2.05, 4.69) is 27.1 Å². The Morgan fingerprint density at radius 2 is 1.88 bits per heavy atom. The van der Waals surface area contributed by atoms with Crippen molar-refractivity contribution in [3.8, 4) is 0 Å². The largest absolute Gasteiger partial charge is 0.351 e. The first kappa shape index (κ1) is 17.1. The second-order valence-corrected chi connectivity index (χ2v) is 6.92. The average Bonchev–Trinajstić information content (AvgIpc) is 2.61. The fraction of sp³-hybridized carbons (Fsp3) is 0.722. The molecule has 2 aliphatic rings. The van der Waals surface area contributed by atoms with Crippen molar-refractivity contribution in [3.05, 3.63) is 17.5 Å². The molecule has 1 N–H and O–H groups in total. The van der Waals surface area contributed by atoms with E-state index in [-0.39, 0.29) is 5.91 Å². The molecule has 0 unspecified atom stereocenters. The van der Waals surface area contributed by atoms with Gasteiger partial charge in [-0.3, -0.25) is 4.79 Å². The van der Waals surface area contributed by atoms with E-state index in [1.165, 1.54) is 32.1 Å². The first-order valence-corrected chi connectivity index (χ1v) is 9.29. The number of anilines is 1. The molecule has 0 aromatic carbocycles. The van der Waals surface area contributed by atoms with Gasteiger partial charge in [-0.05, 0) is 32.4 Å². The van der Waals surface area contributed by atoms with Crippen LogP contribution in [0.25, 0.3) is 0 Å². The molecule has 0 radical (unpaired) electrons. The van der Waals surface area contributed by atoms with Crippen LogP contribution < -0.4 is 5.32 Å². The van der Waals surface area contributed by atoms with Crippen LogP contribution in [0.1, 0.15) is 55.2 Å². The van der Waals surface area contributed by atoms with E-state index in [1.54, 1.807) is 6.07 Å². The van der Waals surface area contributed by atoms with Crippen molar-refractivity contribution < 1.29 is 4.79 Å². The van der Waals surface area contributed by atoms with E-state index in [0.29, 0.717) is 17.7 Å². The van der Waals surface area contributed by atoms with Crippen molar-refractivity contribution in [2.24, 2.45) is 0 Å². The van der Waals surface area contributed by atoms with Crippen LogP contribution in [0.3, 0.4) is 0 Å². The molecule has 6 heteroatoms. The predicted molar refractivity (Wildman–Crippen MR) is 95.3 cm³/mol. The molecule has 2 heterocycles. The van der Waals surface area contributed by atoms with Gasteiger partial charge in [-0.25, -0.2) is 9.97 Å². The third-order valence-corrected chi connectivity index (χ3v) is 5.12. The number of nitrogens with zero attached hydrogens (tertiary/aromatic N) is 4. The molecule has 0 spiro atoms. The van der Waals surface area contributed by atoms with Gasteiger partial charge in [0.1, 0.15) is 5.69 Å². The molecule has 1 aromatic rings. The van der Waals surface area contributed by atoms with Crippen molar-refractivity contribution in [2.45, 2.75) is 52.0 Å². The lowest BCUT2D eigenvalue weighted by Crippen LogP contribution is -2.48. The topological polar surface area (TPSA) is 61.4 Å². The standard InChI is InChI=1S/C18H29N5O/c1-3-22-9-11-23(12-10-22)17(24)16-13-14(2)19-18(21-16)20-15-7-5-4-6-8-15/h13,15H,3-12H2,1-2H3,(H,19,20,21). The normalized spacial score (nSPS) is 20.2. The van der Waals surface area contributed by atoms with Gasteiger partial charge >= 0.3 is 0 Å². The molecule has 24 heavy (non-hydrogen) atoms. The molecule has 2 fully saturated rings. The number of likely N-dealkylation sites (N-methyl/N-ethyl adjacent to an activating group) is 1. The zero-order valence-corrected chi connectivity index (χ0v) is 14.9. The maximum Gasteiger partial charge on any atom is 0.272 e. The lowest BCUT2D eigenvalue weighted by atomic mass is 9.96. The lowest BCUT2D eigenvalue weighted by molar-refractivity contribution is 0.0637. The minimum atomic E-state index is 0.0305. The highest BCUT2D eigenvalue weighted by Crippen LogP contribution is 2.20. The maximum atomic E-state index is 12.8. The summed E-state index contributed by atoms with van der Waals surface area (Å²) >= 11 is 0. The average molecular weight is 331 g/mol. The number of rotatable bonds is 4. The summed E-state index contributed by atoms with van der Waals surface area (Å²) in [6.45, 7) is 8.58. The monoisotopic (exact) mass is 331 g/mol. The summed E-state index contributed by atoms with van der Waals surface area (Å²) in [5.41, 5.74) is 1.37. The Morgan fingerprint density at radius 1 is 1.17 bits per heavy atom. The number of hydrogen-bond acceptors (Lipinski definition) is 5. The summed E-state index contributed by atoms with van der Waals surface area (Å²) < 4.78 is 0. The number of carbonyl (C=O) groups is 1. The Kier molecular flexibility index (Phi) is 5.66. The number of aryl methyl sites for hydroxylation is 1. The third-order valence-electron chi connectivity index (χ3n) is 5.12.